The van der Waals surface area contributed by atoms with Gasteiger partial charge in [-0.25, -0.2) is 0 Å². The predicted octanol–water partition coefficient (Wildman–Crippen LogP) is 12.3. The Kier molecular flexibility index (Phi) is 6.11. The third-order valence-electron chi connectivity index (χ3n) is 11.5. The Morgan fingerprint density at radius 1 is 0.423 bits per heavy atom. The van der Waals surface area contributed by atoms with Crippen molar-refractivity contribution in [1.29, 1.82) is 0 Å². The molecule has 0 aliphatic carbocycles. The number of furan rings is 2. The van der Waals surface area contributed by atoms with E-state index < -0.39 is 8.07 Å². The number of hydrogen-bond donors (Lipinski definition) is 0. The van der Waals surface area contributed by atoms with E-state index >= 15 is 0 Å². The molecule has 3 nitrogen and oxygen atoms in total. The van der Waals surface area contributed by atoms with Gasteiger partial charge in [0.2, 0.25) is 0 Å². The van der Waals surface area contributed by atoms with Crippen molar-refractivity contribution >= 4 is 90.2 Å². The SMILES string of the molecule is C[SiH-]1(C)c2cc(N(c3cccc(-c4cccc5ccccc45)c3)c3ccc4oc5ccccc5c4c3)ccc2-c2c1ccc1c2oc2ccccc21. The second kappa shape index (κ2) is 10.8. The van der Waals surface area contributed by atoms with Gasteiger partial charge in [0.1, 0.15) is 0 Å². The summed E-state index contributed by atoms with van der Waals surface area (Å²) in [6.45, 7) is 5.01. The number of rotatable bonds is 4. The van der Waals surface area contributed by atoms with E-state index in [1.165, 1.54) is 54.2 Å². The fourth-order valence-corrected chi connectivity index (χ4v) is 12.5. The van der Waals surface area contributed by atoms with Gasteiger partial charge in [-0.05, 0) is 0 Å². The zero-order chi connectivity index (χ0) is 34.6. The zero-order valence-corrected chi connectivity index (χ0v) is 30.1. The van der Waals surface area contributed by atoms with E-state index in [9.17, 15) is 0 Å². The standard InChI is InChI=1S/C48H34NO2Si/c1-52(2)45-26-24-39-37-16-5-8-20-43(37)51-48(39)47(45)40-23-21-34(29-46(40)52)49(33-22-25-44-41(28-33)38-17-6-7-19-42(38)50-44)32-14-9-13-31(27-32)36-18-10-12-30-11-3-4-15-35(30)36/h3-29,52H,1-2H3/q-1. The van der Waals surface area contributed by atoms with Gasteiger partial charge in [-0.2, -0.15) is 0 Å². The minimum atomic E-state index is -2.46. The molecule has 0 spiro atoms. The molecule has 0 radical (unpaired) electrons. The molecule has 52 heavy (non-hydrogen) atoms. The van der Waals surface area contributed by atoms with E-state index in [4.69, 9.17) is 8.83 Å². The Morgan fingerprint density at radius 2 is 1.08 bits per heavy atom. The van der Waals surface area contributed by atoms with E-state index in [2.05, 4.69) is 170 Å². The Morgan fingerprint density at radius 3 is 1.94 bits per heavy atom. The van der Waals surface area contributed by atoms with Crippen molar-refractivity contribution in [2.24, 2.45) is 0 Å². The summed E-state index contributed by atoms with van der Waals surface area (Å²) in [5.41, 5.74) is 12.1. The van der Waals surface area contributed by atoms with Crippen molar-refractivity contribution in [2.75, 3.05) is 4.90 Å². The van der Waals surface area contributed by atoms with Crippen molar-refractivity contribution in [3.8, 4) is 22.3 Å². The molecule has 0 saturated carbocycles. The van der Waals surface area contributed by atoms with Gasteiger partial charge in [0.25, 0.3) is 0 Å². The molecule has 10 aromatic rings. The molecule has 0 fully saturated rings. The molecule has 1 aliphatic rings. The summed E-state index contributed by atoms with van der Waals surface area (Å²) >= 11 is 0. The second-order valence-electron chi connectivity index (χ2n) is 14.8. The van der Waals surface area contributed by atoms with Crippen LogP contribution in [0.2, 0.25) is 13.1 Å². The molecule has 0 amide bonds. The monoisotopic (exact) mass is 684 g/mol. The van der Waals surface area contributed by atoms with E-state index in [1.807, 2.05) is 12.1 Å². The summed E-state index contributed by atoms with van der Waals surface area (Å²) in [6.07, 6.45) is 0. The molecule has 0 atom stereocenters. The first kappa shape index (κ1) is 29.4. The number of hydrogen-bond acceptors (Lipinski definition) is 3. The molecule has 248 valence electrons. The minimum absolute atomic E-state index is 0.892. The first-order valence-electron chi connectivity index (χ1n) is 18.2. The number of nitrogens with zero attached hydrogens (tertiary/aromatic N) is 1. The van der Waals surface area contributed by atoms with Crippen molar-refractivity contribution < 1.29 is 8.83 Å². The van der Waals surface area contributed by atoms with Crippen LogP contribution in [0.5, 0.6) is 0 Å². The van der Waals surface area contributed by atoms with Crippen LogP contribution >= 0.6 is 0 Å². The van der Waals surface area contributed by atoms with Crippen molar-refractivity contribution in [2.45, 2.75) is 13.1 Å². The van der Waals surface area contributed by atoms with E-state index in [-0.39, 0.29) is 0 Å². The summed E-state index contributed by atoms with van der Waals surface area (Å²) in [5, 5.41) is 10.0. The molecule has 0 bridgehead atoms. The van der Waals surface area contributed by atoms with Crippen LogP contribution in [0.1, 0.15) is 0 Å². The third kappa shape index (κ3) is 4.19. The predicted molar refractivity (Wildman–Crippen MR) is 222 cm³/mol. The molecule has 2 aromatic heterocycles. The number of fused-ring (bicyclic) bond motifs is 11. The van der Waals surface area contributed by atoms with Crippen LogP contribution in [0.4, 0.5) is 17.1 Å². The Bertz CT molecular complexity index is 3070. The van der Waals surface area contributed by atoms with Crippen molar-refractivity contribution in [3.05, 3.63) is 164 Å². The molecule has 1 aliphatic heterocycles. The molecule has 11 rings (SSSR count). The van der Waals surface area contributed by atoms with Crippen LogP contribution in [0.25, 0.3) is 76.9 Å². The van der Waals surface area contributed by atoms with Crippen molar-refractivity contribution in [1.82, 2.24) is 0 Å². The van der Waals surface area contributed by atoms with E-state index in [1.54, 1.807) is 0 Å². The quantitative estimate of drug-likeness (QED) is 0.173. The van der Waals surface area contributed by atoms with Gasteiger partial charge in [-0.1, -0.05) is 0 Å². The average Bonchev–Trinajstić information content (AvgIpc) is 3.82. The topological polar surface area (TPSA) is 29.5 Å². The maximum atomic E-state index is 6.62. The number of anilines is 3. The molecule has 8 aromatic carbocycles. The fraction of sp³-hybridized carbons (Fsp3) is 0.0417. The van der Waals surface area contributed by atoms with Gasteiger partial charge in [0, 0.05) is 0 Å². The van der Waals surface area contributed by atoms with E-state index in [0.717, 1.165) is 50.2 Å². The Balaban J connectivity index is 1.13. The summed E-state index contributed by atoms with van der Waals surface area (Å²) in [7, 11) is -2.46. The van der Waals surface area contributed by atoms with E-state index in [0.29, 0.717) is 0 Å². The van der Waals surface area contributed by atoms with Crippen LogP contribution < -0.4 is 15.3 Å². The average molecular weight is 685 g/mol. The Labute approximate surface area is 302 Å². The number of para-hydroxylation sites is 2. The second-order valence-corrected chi connectivity index (χ2v) is 19.8. The van der Waals surface area contributed by atoms with Crippen LogP contribution in [-0.2, 0) is 0 Å². The van der Waals surface area contributed by atoms with Gasteiger partial charge in [-0.3, -0.25) is 0 Å². The summed E-state index contributed by atoms with van der Waals surface area (Å²) in [4.78, 5) is 2.42. The van der Waals surface area contributed by atoms with Gasteiger partial charge in [0.15, 0.2) is 0 Å². The normalized spacial score (nSPS) is 14.0. The molecule has 0 unspecified atom stereocenters. The summed E-state index contributed by atoms with van der Waals surface area (Å²) in [6, 6.07) is 59.3. The first-order chi connectivity index (χ1) is 25.5. The molecule has 0 N–H and O–H groups in total. The molecule has 3 heterocycles. The molecule has 4 heteroatoms. The maximum absolute atomic E-state index is 6.62. The van der Waals surface area contributed by atoms with Crippen molar-refractivity contribution in [3.63, 3.8) is 0 Å². The number of benzene rings is 8. The van der Waals surface area contributed by atoms with Crippen LogP contribution in [-0.4, -0.2) is 8.07 Å². The molecular formula is C48H34NO2Si-. The van der Waals surface area contributed by atoms with Crippen LogP contribution in [0.3, 0.4) is 0 Å². The zero-order valence-electron chi connectivity index (χ0n) is 28.9. The summed E-state index contributed by atoms with van der Waals surface area (Å²) in [5.74, 6) is 0. The van der Waals surface area contributed by atoms with Crippen LogP contribution in [0, 0.1) is 0 Å². The first-order valence-corrected chi connectivity index (χ1v) is 21.6. The van der Waals surface area contributed by atoms with Crippen LogP contribution in [0.15, 0.2) is 173 Å². The Hall–Kier alpha value is -6.36. The fourth-order valence-electron chi connectivity index (χ4n) is 8.95. The van der Waals surface area contributed by atoms with Gasteiger partial charge in [0.05, 0.1) is 0 Å². The van der Waals surface area contributed by atoms with Gasteiger partial charge >= 0.3 is 303 Å². The molecular weight excluding hydrogens is 651 g/mol. The van der Waals surface area contributed by atoms with Gasteiger partial charge < -0.3 is 0 Å². The third-order valence-corrected chi connectivity index (χ3v) is 15.6. The molecule has 0 saturated heterocycles. The van der Waals surface area contributed by atoms with Gasteiger partial charge in [-0.15, -0.1) is 0 Å². The summed E-state index contributed by atoms with van der Waals surface area (Å²) < 4.78 is 12.9.